The normalized spacial score (nSPS) is 10.0. The predicted molar refractivity (Wildman–Crippen MR) is 101 cm³/mol. The van der Waals surface area contributed by atoms with E-state index < -0.39 is 24.4 Å². The standard InChI is InChI=1S/C18H16Cl2N2O5/c1-26-15-4-2-11(3-5-15)18(25)21-9-17(24)27-10-16(23)22-14-7-12(19)6-13(20)8-14/h2-8H,9-10H2,1H3,(H,21,25)(H,22,23). The van der Waals surface area contributed by atoms with Crippen molar-refractivity contribution >= 4 is 46.7 Å². The van der Waals surface area contributed by atoms with Gasteiger partial charge in [0.15, 0.2) is 6.61 Å². The quantitative estimate of drug-likeness (QED) is 0.684. The Morgan fingerprint density at radius 3 is 2.22 bits per heavy atom. The number of rotatable bonds is 7. The molecular weight excluding hydrogens is 395 g/mol. The van der Waals surface area contributed by atoms with Crippen LogP contribution in [0, 0.1) is 0 Å². The monoisotopic (exact) mass is 410 g/mol. The van der Waals surface area contributed by atoms with Gasteiger partial charge in [-0.15, -0.1) is 0 Å². The lowest BCUT2D eigenvalue weighted by atomic mass is 10.2. The largest absolute Gasteiger partial charge is 0.497 e. The minimum absolute atomic E-state index is 0.357. The fraction of sp³-hybridized carbons (Fsp3) is 0.167. The van der Waals surface area contributed by atoms with Gasteiger partial charge in [-0.25, -0.2) is 0 Å². The maximum atomic E-state index is 11.9. The minimum Gasteiger partial charge on any atom is -0.497 e. The van der Waals surface area contributed by atoms with E-state index in [0.717, 1.165) is 0 Å². The summed E-state index contributed by atoms with van der Waals surface area (Å²) < 4.78 is 9.81. The number of hydrogen-bond donors (Lipinski definition) is 2. The third-order valence-corrected chi connectivity index (χ3v) is 3.69. The van der Waals surface area contributed by atoms with Crippen molar-refractivity contribution in [3.63, 3.8) is 0 Å². The molecule has 0 unspecified atom stereocenters. The molecule has 0 saturated carbocycles. The Labute approximate surface area is 165 Å². The Bertz CT molecular complexity index is 820. The van der Waals surface area contributed by atoms with Crippen LogP contribution in [-0.4, -0.2) is 38.0 Å². The molecule has 0 bridgehead atoms. The summed E-state index contributed by atoms with van der Waals surface area (Å²) in [5.41, 5.74) is 0.737. The summed E-state index contributed by atoms with van der Waals surface area (Å²) in [6, 6.07) is 10.9. The topological polar surface area (TPSA) is 93.7 Å². The van der Waals surface area contributed by atoms with E-state index in [0.29, 0.717) is 27.0 Å². The van der Waals surface area contributed by atoms with Crippen molar-refractivity contribution in [3.05, 3.63) is 58.1 Å². The first-order valence-electron chi connectivity index (χ1n) is 7.71. The van der Waals surface area contributed by atoms with Crippen LogP contribution >= 0.6 is 23.2 Å². The maximum Gasteiger partial charge on any atom is 0.325 e. The molecule has 0 aliphatic rings. The van der Waals surface area contributed by atoms with Crippen molar-refractivity contribution in [2.45, 2.75) is 0 Å². The molecular formula is C18H16Cl2N2O5. The van der Waals surface area contributed by atoms with E-state index in [1.165, 1.54) is 25.3 Å². The number of amides is 2. The first kappa shape index (κ1) is 20.5. The number of esters is 1. The molecule has 0 radical (unpaired) electrons. The van der Waals surface area contributed by atoms with Crippen LogP contribution in [0.3, 0.4) is 0 Å². The van der Waals surface area contributed by atoms with Gasteiger partial charge in [0.05, 0.1) is 7.11 Å². The van der Waals surface area contributed by atoms with Crippen molar-refractivity contribution < 1.29 is 23.9 Å². The van der Waals surface area contributed by atoms with Crippen LogP contribution in [-0.2, 0) is 14.3 Å². The highest BCUT2D eigenvalue weighted by molar-refractivity contribution is 6.35. The summed E-state index contributed by atoms with van der Waals surface area (Å²) in [7, 11) is 1.52. The smallest absolute Gasteiger partial charge is 0.325 e. The molecule has 0 fully saturated rings. The number of halogens is 2. The van der Waals surface area contributed by atoms with E-state index in [9.17, 15) is 14.4 Å². The Hall–Kier alpha value is -2.77. The highest BCUT2D eigenvalue weighted by atomic mass is 35.5. The van der Waals surface area contributed by atoms with E-state index in [2.05, 4.69) is 10.6 Å². The van der Waals surface area contributed by atoms with Gasteiger partial charge in [0, 0.05) is 21.3 Å². The third kappa shape index (κ3) is 6.80. The van der Waals surface area contributed by atoms with Crippen LogP contribution in [0.25, 0.3) is 0 Å². The number of ether oxygens (including phenoxy) is 2. The van der Waals surface area contributed by atoms with Gasteiger partial charge in [-0.2, -0.15) is 0 Å². The maximum absolute atomic E-state index is 11.9. The molecule has 2 aromatic rings. The number of carbonyl (C=O) groups excluding carboxylic acids is 3. The number of methoxy groups -OCH3 is 1. The Balaban J connectivity index is 1.74. The number of carbonyl (C=O) groups is 3. The summed E-state index contributed by atoms with van der Waals surface area (Å²) in [6.07, 6.45) is 0. The molecule has 0 aliphatic carbocycles. The molecule has 0 saturated heterocycles. The van der Waals surface area contributed by atoms with Crippen molar-refractivity contribution in [2.75, 3.05) is 25.6 Å². The zero-order valence-corrected chi connectivity index (χ0v) is 15.8. The second-order valence-electron chi connectivity index (χ2n) is 5.28. The van der Waals surface area contributed by atoms with E-state index in [-0.39, 0.29) is 6.54 Å². The fourth-order valence-electron chi connectivity index (χ4n) is 2.02. The molecule has 0 aromatic heterocycles. The highest BCUT2D eigenvalue weighted by Crippen LogP contribution is 2.22. The lowest BCUT2D eigenvalue weighted by Crippen LogP contribution is -2.32. The highest BCUT2D eigenvalue weighted by Gasteiger charge is 2.11. The molecule has 0 heterocycles. The van der Waals surface area contributed by atoms with Gasteiger partial charge in [-0.3, -0.25) is 14.4 Å². The number of nitrogens with one attached hydrogen (secondary N) is 2. The lowest BCUT2D eigenvalue weighted by Gasteiger charge is -2.08. The minimum atomic E-state index is -0.754. The first-order chi connectivity index (χ1) is 12.9. The van der Waals surface area contributed by atoms with Gasteiger partial charge in [-0.1, -0.05) is 23.2 Å². The van der Waals surface area contributed by atoms with Crippen molar-refractivity contribution in [3.8, 4) is 5.75 Å². The van der Waals surface area contributed by atoms with E-state index in [1.807, 2.05) is 0 Å². The van der Waals surface area contributed by atoms with Crippen LogP contribution in [0.4, 0.5) is 5.69 Å². The number of anilines is 1. The Morgan fingerprint density at radius 2 is 1.63 bits per heavy atom. The SMILES string of the molecule is COc1ccc(C(=O)NCC(=O)OCC(=O)Nc2cc(Cl)cc(Cl)c2)cc1. The van der Waals surface area contributed by atoms with Crippen LogP contribution < -0.4 is 15.4 Å². The Kier molecular flexibility index (Phi) is 7.45. The van der Waals surface area contributed by atoms with Crippen molar-refractivity contribution in [1.29, 1.82) is 0 Å². The van der Waals surface area contributed by atoms with Crippen molar-refractivity contribution in [2.24, 2.45) is 0 Å². The lowest BCUT2D eigenvalue weighted by molar-refractivity contribution is -0.146. The third-order valence-electron chi connectivity index (χ3n) is 3.26. The van der Waals surface area contributed by atoms with Crippen LogP contribution in [0.2, 0.25) is 10.0 Å². The molecule has 7 nitrogen and oxygen atoms in total. The van der Waals surface area contributed by atoms with Gasteiger partial charge in [0.25, 0.3) is 11.8 Å². The number of hydrogen-bond acceptors (Lipinski definition) is 5. The zero-order chi connectivity index (χ0) is 19.8. The Morgan fingerprint density at radius 1 is 1.00 bits per heavy atom. The summed E-state index contributed by atoms with van der Waals surface area (Å²) >= 11 is 11.7. The zero-order valence-electron chi connectivity index (χ0n) is 14.3. The second-order valence-corrected chi connectivity index (χ2v) is 6.15. The number of benzene rings is 2. The molecule has 9 heteroatoms. The summed E-state index contributed by atoms with van der Waals surface area (Å²) in [4.78, 5) is 35.4. The average molecular weight is 411 g/mol. The van der Waals surface area contributed by atoms with E-state index in [1.54, 1.807) is 24.3 Å². The average Bonchev–Trinajstić information content (AvgIpc) is 2.63. The van der Waals surface area contributed by atoms with Gasteiger partial charge < -0.3 is 20.1 Å². The van der Waals surface area contributed by atoms with E-state index in [4.69, 9.17) is 32.7 Å². The van der Waals surface area contributed by atoms with Crippen molar-refractivity contribution in [1.82, 2.24) is 5.32 Å². The summed E-state index contributed by atoms with van der Waals surface area (Å²) in [5.74, 6) is -1.16. The fourth-order valence-corrected chi connectivity index (χ4v) is 2.54. The molecule has 0 spiro atoms. The van der Waals surface area contributed by atoms with Gasteiger partial charge in [0.1, 0.15) is 12.3 Å². The molecule has 2 aromatic carbocycles. The van der Waals surface area contributed by atoms with Crippen LogP contribution in [0.5, 0.6) is 5.75 Å². The van der Waals surface area contributed by atoms with Gasteiger partial charge in [0.2, 0.25) is 0 Å². The summed E-state index contributed by atoms with van der Waals surface area (Å²) in [6.45, 7) is -0.886. The first-order valence-corrected chi connectivity index (χ1v) is 8.47. The molecule has 2 N–H and O–H groups in total. The molecule has 0 atom stereocenters. The second kappa shape index (κ2) is 9.80. The van der Waals surface area contributed by atoms with Gasteiger partial charge >= 0.3 is 5.97 Å². The molecule has 2 rings (SSSR count). The molecule has 2 amide bonds. The van der Waals surface area contributed by atoms with Gasteiger partial charge in [-0.05, 0) is 42.5 Å². The predicted octanol–water partition coefficient (Wildman–Crippen LogP) is 2.91. The van der Waals surface area contributed by atoms with Crippen LogP contribution in [0.15, 0.2) is 42.5 Å². The summed E-state index contributed by atoms with van der Waals surface area (Å²) in [5, 5.41) is 5.61. The molecule has 0 aliphatic heterocycles. The molecule has 27 heavy (non-hydrogen) atoms. The molecule has 142 valence electrons. The van der Waals surface area contributed by atoms with E-state index >= 15 is 0 Å². The van der Waals surface area contributed by atoms with Crippen LogP contribution in [0.1, 0.15) is 10.4 Å².